The molecule has 16 heavy (non-hydrogen) atoms. The number of hydrogen-bond acceptors (Lipinski definition) is 3. The first kappa shape index (κ1) is 12.8. The van der Waals surface area contributed by atoms with Crippen molar-refractivity contribution in [2.75, 3.05) is 5.73 Å². The van der Waals surface area contributed by atoms with Gasteiger partial charge in [-0.2, -0.15) is 0 Å². The number of rotatable bonds is 2. The molecule has 0 bridgehead atoms. The number of anilines is 1. The van der Waals surface area contributed by atoms with Crippen LogP contribution in [0, 0.1) is 12.7 Å². The molecule has 0 saturated carbocycles. The Labute approximate surface area is 98.3 Å². The minimum absolute atomic E-state index is 0.104. The van der Waals surface area contributed by atoms with E-state index in [2.05, 4.69) is 0 Å². The number of esters is 1. The maximum absolute atomic E-state index is 13.3. The molecule has 1 aromatic carbocycles. The van der Waals surface area contributed by atoms with E-state index in [1.807, 2.05) is 0 Å². The van der Waals surface area contributed by atoms with E-state index in [4.69, 9.17) is 22.1 Å². The Hall–Kier alpha value is -1.29. The van der Waals surface area contributed by atoms with Gasteiger partial charge in [-0.3, -0.25) is 0 Å². The summed E-state index contributed by atoms with van der Waals surface area (Å²) in [6, 6.07) is 1.18. The quantitative estimate of drug-likeness (QED) is 0.644. The van der Waals surface area contributed by atoms with Gasteiger partial charge in [0.25, 0.3) is 0 Å². The molecule has 0 fully saturated rings. The van der Waals surface area contributed by atoms with Gasteiger partial charge in [-0.1, -0.05) is 11.6 Å². The van der Waals surface area contributed by atoms with E-state index in [0.717, 1.165) is 0 Å². The van der Waals surface area contributed by atoms with E-state index in [1.165, 1.54) is 6.07 Å². The van der Waals surface area contributed by atoms with Crippen LogP contribution in [0.4, 0.5) is 10.1 Å². The Balaban J connectivity index is 3.27. The van der Waals surface area contributed by atoms with Crippen molar-refractivity contribution in [1.82, 2.24) is 0 Å². The van der Waals surface area contributed by atoms with Crippen LogP contribution in [-0.2, 0) is 4.74 Å². The highest BCUT2D eigenvalue weighted by Gasteiger charge is 2.21. The van der Waals surface area contributed by atoms with Gasteiger partial charge in [0, 0.05) is 0 Å². The van der Waals surface area contributed by atoms with Gasteiger partial charge in [-0.15, -0.1) is 0 Å². The summed E-state index contributed by atoms with van der Waals surface area (Å²) in [6.45, 7) is 4.97. The van der Waals surface area contributed by atoms with Gasteiger partial charge < -0.3 is 10.5 Å². The number of carbonyl (C=O) groups is 1. The number of nitrogen functional groups attached to an aromatic ring is 1. The fourth-order valence-electron chi connectivity index (χ4n) is 1.24. The molecule has 0 unspecified atom stereocenters. The Morgan fingerprint density at radius 2 is 2.12 bits per heavy atom. The van der Waals surface area contributed by atoms with Crippen LogP contribution in [0.1, 0.15) is 29.8 Å². The lowest BCUT2D eigenvalue weighted by atomic mass is 10.1. The summed E-state index contributed by atoms with van der Waals surface area (Å²) >= 11 is 5.90. The van der Waals surface area contributed by atoms with E-state index < -0.39 is 11.8 Å². The molecule has 1 rings (SSSR count). The molecule has 88 valence electrons. The normalized spacial score (nSPS) is 10.6. The largest absolute Gasteiger partial charge is 0.459 e. The lowest BCUT2D eigenvalue weighted by Crippen LogP contribution is -2.15. The van der Waals surface area contributed by atoms with Gasteiger partial charge in [0.15, 0.2) is 0 Å². The molecule has 0 saturated heterocycles. The van der Waals surface area contributed by atoms with Gasteiger partial charge in [0.1, 0.15) is 11.4 Å². The Bertz CT molecular complexity index is 406. The molecule has 0 aliphatic heterocycles. The van der Waals surface area contributed by atoms with Gasteiger partial charge in [-0.05, 0) is 32.4 Å². The monoisotopic (exact) mass is 245 g/mol. The third-order valence-electron chi connectivity index (χ3n) is 1.98. The third-order valence-corrected chi connectivity index (χ3v) is 2.47. The highest BCUT2D eigenvalue weighted by molar-refractivity contribution is 6.35. The first-order chi connectivity index (χ1) is 7.34. The second-order valence-electron chi connectivity index (χ2n) is 3.73. The molecule has 0 heterocycles. The number of nitrogens with two attached hydrogens (primary N) is 1. The summed E-state index contributed by atoms with van der Waals surface area (Å²) in [5.41, 5.74) is 5.54. The van der Waals surface area contributed by atoms with E-state index in [-0.39, 0.29) is 22.4 Å². The summed E-state index contributed by atoms with van der Waals surface area (Å²) in [5, 5.41) is 0.129. The average molecular weight is 246 g/mol. The molecule has 2 N–H and O–H groups in total. The van der Waals surface area contributed by atoms with Crippen LogP contribution in [0.3, 0.4) is 0 Å². The lowest BCUT2D eigenvalue weighted by molar-refractivity contribution is 0.0379. The second kappa shape index (κ2) is 4.70. The van der Waals surface area contributed by atoms with Crippen LogP contribution >= 0.6 is 11.6 Å². The highest BCUT2D eigenvalue weighted by Crippen LogP contribution is 2.29. The van der Waals surface area contributed by atoms with Crippen LogP contribution in [0.2, 0.25) is 5.02 Å². The number of benzene rings is 1. The van der Waals surface area contributed by atoms with E-state index in [9.17, 15) is 9.18 Å². The van der Waals surface area contributed by atoms with Crippen molar-refractivity contribution in [3.05, 3.63) is 28.0 Å². The Kier molecular flexibility index (Phi) is 3.75. The fourth-order valence-corrected chi connectivity index (χ4v) is 1.47. The number of halogens is 2. The van der Waals surface area contributed by atoms with Crippen molar-refractivity contribution >= 4 is 23.3 Å². The predicted molar refractivity (Wildman–Crippen MR) is 61.1 cm³/mol. The van der Waals surface area contributed by atoms with E-state index in [0.29, 0.717) is 5.56 Å². The van der Waals surface area contributed by atoms with E-state index in [1.54, 1.807) is 20.8 Å². The standard InChI is InChI=1S/C11H13ClFNO2/c1-5(2)16-11(15)8-9(12)6(3)4-7(13)10(8)14/h4-5H,14H2,1-3H3. The maximum atomic E-state index is 13.3. The lowest BCUT2D eigenvalue weighted by Gasteiger charge is -2.13. The van der Waals surface area contributed by atoms with Gasteiger partial charge in [0.2, 0.25) is 0 Å². The number of carbonyl (C=O) groups excluding carboxylic acids is 1. The number of ether oxygens (including phenoxy) is 1. The van der Waals surface area contributed by atoms with Crippen LogP contribution in [0.25, 0.3) is 0 Å². The molecule has 0 aliphatic carbocycles. The number of aryl methyl sites for hydroxylation is 1. The summed E-state index contributed by atoms with van der Waals surface area (Å²) in [7, 11) is 0. The predicted octanol–water partition coefficient (Wildman–Crippen LogP) is 2.93. The molecular weight excluding hydrogens is 233 g/mol. The summed E-state index contributed by atoms with van der Waals surface area (Å²) < 4.78 is 18.3. The SMILES string of the molecule is Cc1cc(F)c(N)c(C(=O)OC(C)C)c1Cl. The minimum Gasteiger partial charge on any atom is -0.459 e. The zero-order chi connectivity index (χ0) is 12.5. The van der Waals surface area contributed by atoms with Crippen LogP contribution in [-0.4, -0.2) is 12.1 Å². The van der Waals surface area contributed by atoms with Gasteiger partial charge in [-0.25, -0.2) is 9.18 Å². The fraction of sp³-hybridized carbons (Fsp3) is 0.364. The van der Waals surface area contributed by atoms with Crippen molar-refractivity contribution in [2.24, 2.45) is 0 Å². The molecule has 0 aromatic heterocycles. The van der Waals surface area contributed by atoms with E-state index >= 15 is 0 Å². The minimum atomic E-state index is -0.708. The van der Waals surface area contributed by atoms with Crippen LogP contribution in [0.5, 0.6) is 0 Å². The van der Waals surface area contributed by atoms with Crippen molar-refractivity contribution in [3.8, 4) is 0 Å². The van der Waals surface area contributed by atoms with Gasteiger partial charge in [0.05, 0.1) is 16.8 Å². The molecule has 5 heteroatoms. The molecule has 3 nitrogen and oxygen atoms in total. The van der Waals surface area contributed by atoms with Crippen molar-refractivity contribution in [2.45, 2.75) is 26.9 Å². The smallest absolute Gasteiger partial charge is 0.342 e. The highest BCUT2D eigenvalue weighted by atomic mass is 35.5. The number of hydrogen-bond donors (Lipinski definition) is 1. The first-order valence-electron chi connectivity index (χ1n) is 4.79. The summed E-state index contributed by atoms with van der Waals surface area (Å²) in [5.74, 6) is -1.38. The molecule has 0 atom stereocenters. The molecule has 0 aliphatic rings. The molecule has 0 spiro atoms. The zero-order valence-corrected chi connectivity index (χ0v) is 10.1. The second-order valence-corrected chi connectivity index (χ2v) is 4.11. The molecular formula is C11H13ClFNO2. The molecule has 0 amide bonds. The topological polar surface area (TPSA) is 52.3 Å². The van der Waals surface area contributed by atoms with Gasteiger partial charge >= 0.3 is 5.97 Å². The van der Waals surface area contributed by atoms with Crippen LogP contribution < -0.4 is 5.73 Å². The summed E-state index contributed by atoms with van der Waals surface area (Å²) in [6.07, 6.45) is -0.313. The molecule has 1 aromatic rings. The maximum Gasteiger partial charge on any atom is 0.342 e. The van der Waals surface area contributed by atoms with Crippen molar-refractivity contribution < 1.29 is 13.9 Å². The average Bonchev–Trinajstić information content (AvgIpc) is 2.14. The first-order valence-corrected chi connectivity index (χ1v) is 5.17. The zero-order valence-electron chi connectivity index (χ0n) is 9.30. The Morgan fingerprint density at radius 1 is 1.56 bits per heavy atom. The van der Waals surface area contributed by atoms with Crippen molar-refractivity contribution in [3.63, 3.8) is 0 Å². The Morgan fingerprint density at radius 3 is 2.62 bits per heavy atom. The molecule has 0 radical (unpaired) electrons. The van der Waals surface area contributed by atoms with Crippen LogP contribution in [0.15, 0.2) is 6.07 Å². The summed E-state index contributed by atoms with van der Waals surface area (Å²) in [4.78, 5) is 11.6. The van der Waals surface area contributed by atoms with Crippen molar-refractivity contribution in [1.29, 1.82) is 0 Å². The third kappa shape index (κ3) is 2.44.